The third-order valence-corrected chi connectivity index (χ3v) is 7.33. The van der Waals surface area contributed by atoms with E-state index in [1.54, 1.807) is 20.0 Å². The zero-order valence-electron chi connectivity index (χ0n) is 22.1. The zero-order valence-corrected chi connectivity index (χ0v) is 22.1. The molecular formula is C28H38N6O4. The Morgan fingerprint density at radius 2 is 1.79 bits per heavy atom. The molecule has 1 saturated heterocycles. The number of hydrogen-bond acceptors (Lipinski definition) is 4. The van der Waals surface area contributed by atoms with Gasteiger partial charge in [0.15, 0.2) is 0 Å². The Labute approximate surface area is 222 Å². The minimum absolute atomic E-state index is 0.147. The fraction of sp³-hybridized carbons (Fsp3) is 0.500. The van der Waals surface area contributed by atoms with Crippen LogP contribution < -0.4 is 21.7 Å². The van der Waals surface area contributed by atoms with Gasteiger partial charge in [-0.2, -0.15) is 0 Å². The number of nitrogens with two attached hydrogens (primary N) is 1. The molecule has 3 atom stereocenters. The number of fused-ring (bicyclic) bond motifs is 1. The van der Waals surface area contributed by atoms with E-state index >= 15 is 0 Å². The predicted molar refractivity (Wildman–Crippen MR) is 145 cm³/mol. The fourth-order valence-electron chi connectivity index (χ4n) is 5.43. The van der Waals surface area contributed by atoms with Gasteiger partial charge in [-0.25, -0.2) is 4.79 Å². The molecule has 204 valence electrons. The number of nitrogens with one attached hydrogen (secondary N) is 4. The first-order valence-corrected chi connectivity index (χ1v) is 13.4. The van der Waals surface area contributed by atoms with Crippen molar-refractivity contribution in [2.45, 2.75) is 83.0 Å². The summed E-state index contributed by atoms with van der Waals surface area (Å²) in [5.41, 5.74) is 8.25. The fourth-order valence-corrected chi connectivity index (χ4v) is 5.43. The Bertz CT molecular complexity index is 1210. The lowest BCUT2D eigenvalue weighted by atomic mass is 9.96. The molecule has 0 bridgehead atoms. The molecule has 1 aliphatic heterocycles. The van der Waals surface area contributed by atoms with Gasteiger partial charge < -0.3 is 31.6 Å². The van der Waals surface area contributed by atoms with Crippen LogP contribution in [0.15, 0.2) is 42.1 Å². The second-order valence-corrected chi connectivity index (χ2v) is 10.6. The first kappa shape index (κ1) is 27.2. The van der Waals surface area contributed by atoms with Crippen molar-refractivity contribution in [3.05, 3.63) is 47.7 Å². The molecule has 38 heavy (non-hydrogen) atoms. The van der Waals surface area contributed by atoms with Gasteiger partial charge in [-0.1, -0.05) is 43.0 Å². The Kier molecular flexibility index (Phi) is 8.70. The lowest BCUT2D eigenvalue weighted by molar-refractivity contribution is -0.136. The number of nitrogens with zero attached hydrogens (tertiary/aromatic N) is 1. The molecule has 4 rings (SSSR count). The highest BCUT2D eigenvalue weighted by molar-refractivity contribution is 5.96. The van der Waals surface area contributed by atoms with E-state index in [9.17, 15) is 19.2 Å². The van der Waals surface area contributed by atoms with Crippen LogP contribution in [-0.2, 0) is 20.8 Å². The minimum Gasteiger partial charge on any atom is -0.368 e. The maximum Gasteiger partial charge on any atom is 0.315 e. The third kappa shape index (κ3) is 6.73. The highest BCUT2D eigenvalue weighted by Crippen LogP contribution is 2.22. The molecule has 5 amide bonds. The number of amides is 5. The van der Waals surface area contributed by atoms with Crippen LogP contribution >= 0.6 is 0 Å². The number of carbonyl (C=O) groups is 4. The van der Waals surface area contributed by atoms with Gasteiger partial charge in [0, 0.05) is 42.2 Å². The third-order valence-electron chi connectivity index (χ3n) is 7.33. The summed E-state index contributed by atoms with van der Waals surface area (Å²) < 4.78 is 0. The molecule has 2 fully saturated rings. The number of H-pyrrole nitrogens is 1. The average molecular weight is 523 g/mol. The highest BCUT2D eigenvalue weighted by Gasteiger charge is 2.40. The summed E-state index contributed by atoms with van der Waals surface area (Å²) in [6, 6.07) is 5.34. The molecule has 0 spiro atoms. The molecular weight excluding hydrogens is 484 g/mol. The van der Waals surface area contributed by atoms with Gasteiger partial charge in [0.25, 0.3) is 0 Å². The van der Waals surface area contributed by atoms with Gasteiger partial charge in [0.1, 0.15) is 12.1 Å². The number of para-hydroxylation sites is 1. The number of aromatic nitrogens is 1. The average Bonchev–Trinajstić information content (AvgIpc) is 3.48. The number of carbonyl (C=O) groups excluding carboxylic acids is 4. The Morgan fingerprint density at radius 1 is 1.08 bits per heavy atom. The first-order chi connectivity index (χ1) is 18.2. The van der Waals surface area contributed by atoms with Crippen molar-refractivity contribution in [2.24, 2.45) is 5.73 Å². The number of rotatable bonds is 8. The van der Waals surface area contributed by atoms with Gasteiger partial charge >= 0.3 is 6.03 Å². The quantitative estimate of drug-likeness (QED) is 0.338. The van der Waals surface area contributed by atoms with Crippen molar-refractivity contribution in [3.63, 3.8) is 0 Å². The van der Waals surface area contributed by atoms with Crippen LogP contribution in [0.1, 0.15) is 57.9 Å². The van der Waals surface area contributed by atoms with Crippen molar-refractivity contribution in [2.75, 3.05) is 6.54 Å². The van der Waals surface area contributed by atoms with E-state index in [0.29, 0.717) is 0 Å². The van der Waals surface area contributed by atoms with Crippen molar-refractivity contribution in [1.82, 2.24) is 25.8 Å². The number of likely N-dealkylation sites (tertiary alicyclic amines) is 1. The summed E-state index contributed by atoms with van der Waals surface area (Å²) in [6.45, 7) is 3.81. The number of hydrogen-bond donors (Lipinski definition) is 5. The van der Waals surface area contributed by atoms with E-state index in [4.69, 9.17) is 5.73 Å². The molecule has 1 saturated carbocycles. The summed E-state index contributed by atoms with van der Waals surface area (Å²) in [7, 11) is 0. The summed E-state index contributed by atoms with van der Waals surface area (Å²) in [6.07, 6.45) is 9.03. The molecule has 1 aliphatic carbocycles. The van der Waals surface area contributed by atoms with Gasteiger partial charge in [0.05, 0.1) is 6.04 Å². The molecule has 6 N–H and O–H groups in total. The Balaban J connectivity index is 1.45. The maximum absolute atomic E-state index is 13.4. The van der Waals surface area contributed by atoms with Crippen LogP contribution in [0.4, 0.5) is 4.79 Å². The lowest BCUT2D eigenvalue weighted by Gasteiger charge is -2.25. The number of aromatic amines is 1. The van der Waals surface area contributed by atoms with Crippen molar-refractivity contribution < 1.29 is 19.2 Å². The van der Waals surface area contributed by atoms with Crippen LogP contribution in [0.3, 0.4) is 0 Å². The molecule has 3 unspecified atom stereocenters. The van der Waals surface area contributed by atoms with E-state index in [0.717, 1.165) is 47.7 Å². The molecule has 2 aromatic rings. The van der Waals surface area contributed by atoms with Crippen LogP contribution in [0.25, 0.3) is 10.9 Å². The van der Waals surface area contributed by atoms with Crippen LogP contribution in [-0.4, -0.2) is 64.3 Å². The van der Waals surface area contributed by atoms with Crippen molar-refractivity contribution >= 4 is 34.7 Å². The largest absolute Gasteiger partial charge is 0.368 e. The topological polar surface area (TPSA) is 149 Å². The summed E-state index contributed by atoms with van der Waals surface area (Å²) in [5.74, 6) is -1.44. The number of urea groups is 1. The van der Waals surface area contributed by atoms with Gasteiger partial charge in [-0.05, 0) is 44.7 Å². The second kappa shape index (κ2) is 12.1. The van der Waals surface area contributed by atoms with E-state index in [2.05, 4.69) is 20.9 Å². The van der Waals surface area contributed by atoms with Crippen molar-refractivity contribution in [3.8, 4) is 0 Å². The molecule has 10 heteroatoms. The van der Waals surface area contributed by atoms with Gasteiger partial charge in [-0.3, -0.25) is 14.4 Å². The monoisotopic (exact) mass is 522 g/mol. The SMILES string of the molecule is CC(C)=CC(=O)N1CC(NC(=O)NC2CCCCC2)CC1C(=O)NC(Cc1c[nH]c2ccccc12)C(N)=O. The Hall–Kier alpha value is -3.82. The van der Waals surface area contributed by atoms with Gasteiger partial charge in [0.2, 0.25) is 17.7 Å². The normalized spacial score (nSPS) is 20.5. The van der Waals surface area contributed by atoms with E-state index in [1.165, 1.54) is 17.4 Å². The second-order valence-electron chi connectivity index (χ2n) is 10.6. The zero-order chi connectivity index (χ0) is 27.2. The summed E-state index contributed by atoms with van der Waals surface area (Å²) in [4.78, 5) is 56.0. The van der Waals surface area contributed by atoms with E-state index in [-0.39, 0.29) is 37.4 Å². The maximum atomic E-state index is 13.4. The molecule has 10 nitrogen and oxygen atoms in total. The van der Waals surface area contributed by atoms with Crippen LogP contribution in [0, 0.1) is 0 Å². The molecule has 2 heterocycles. The molecule has 1 aromatic heterocycles. The predicted octanol–water partition coefficient (Wildman–Crippen LogP) is 2.25. The standard InChI is InChI=1S/C28H38N6O4/c1-17(2)12-25(35)34-16-20(32-28(38)31-19-8-4-3-5-9-19)14-24(34)27(37)33-23(26(29)36)13-18-15-30-22-11-7-6-10-21(18)22/h6-7,10-12,15,19-20,23-24,30H,3-5,8-9,13-14,16H2,1-2H3,(H2,29,36)(H,33,37)(H2,31,32,38). The van der Waals surface area contributed by atoms with Gasteiger partial charge in [-0.15, -0.1) is 0 Å². The highest BCUT2D eigenvalue weighted by atomic mass is 16.2. The van der Waals surface area contributed by atoms with Crippen LogP contribution in [0.5, 0.6) is 0 Å². The minimum atomic E-state index is -0.955. The number of benzene rings is 1. The number of primary amides is 1. The molecule has 2 aliphatic rings. The van der Waals surface area contributed by atoms with E-state index < -0.39 is 29.9 Å². The summed E-state index contributed by atoms with van der Waals surface area (Å²) in [5, 5.41) is 9.68. The molecule has 0 radical (unpaired) electrons. The summed E-state index contributed by atoms with van der Waals surface area (Å²) >= 11 is 0. The first-order valence-electron chi connectivity index (χ1n) is 13.4. The lowest BCUT2D eigenvalue weighted by Crippen LogP contribution is -2.52. The van der Waals surface area contributed by atoms with E-state index in [1.807, 2.05) is 24.3 Å². The van der Waals surface area contributed by atoms with Crippen molar-refractivity contribution in [1.29, 1.82) is 0 Å². The smallest absolute Gasteiger partial charge is 0.315 e. The number of allylic oxidation sites excluding steroid dienone is 1. The molecule has 1 aromatic carbocycles. The van der Waals surface area contributed by atoms with Crippen LogP contribution in [0.2, 0.25) is 0 Å². The Morgan fingerprint density at radius 3 is 2.50 bits per heavy atom.